The van der Waals surface area contributed by atoms with Crippen molar-refractivity contribution in [3.63, 3.8) is 0 Å². The molecule has 2 heterocycles. The second-order valence-corrected chi connectivity index (χ2v) is 12.9. The summed E-state index contributed by atoms with van der Waals surface area (Å²) < 4.78 is 0. The maximum absolute atomic E-state index is 5.12. The number of rotatable bonds is 8. The second kappa shape index (κ2) is 13.8. The highest BCUT2D eigenvalue weighted by molar-refractivity contribution is 5.84. The predicted octanol–water partition coefficient (Wildman–Crippen LogP) is 11.6. The molecule has 2 aromatic heterocycles. The van der Waals surface area contributed by atoms with Gasteiger partial charge in [-0.25, -0.2) is 15.0 Å². The molecule has 244 valence electrons. The van der Waals surface area contributed by atoms with Gasteiger partial charge >= 0.3 is 0 Å². The fourth-order valence-electron chi connectivity index (χ4n) is 6.79. The Balaban J connectivity index is 1.27. The van der Waals surface area contributed by atoms with Crippen LogP contribution in [0.15, 0.2) is 165 Å². The maximum Gasteiger partial charge on any atom is 0.164 e. The van der Waals surface area contributed by atoms with Gasteiger partial charge in [0, 0.05) is 34.6 Å². The number of fused-ring (bicyclic) bond motifs is 3. The van der Waals surface area contributed by atoms with Crippen LogP contribution in [-0.2, 0) is 6.42 Å². The molecule has 0 saturated heterocycles. The average molecular weight is 657 g/mol. The molecule has 0 spiro atoms. The number of nitrogens with zero attached hydrogens (tertiary/aromatic N) is 4. The molecule has 1 aliphatic rings. The Labute approximate surface area is 299 Å². The minimum atomic E-state index is 0.610. The fourth-order valence-corrected chi connectivity index (χ4v) is 6.79. The van der Waals surface area contributed by atoms with Crippen molar-refractivity contribution in [1.82, 2.24) is 19.9 Å². The Morgan fingerprint density at radius 1 is 0.588 bits per heavy atom. The van der Waals surface area contributed by atoms with Crippen LogP contribution in [0.2, 0.25) is 0 Å². The Morgan fingerprint density at radius 2 is 1.20 bits per heavy atom. The molecule has 0 atom stereocenters. The summed E-state index contributed by atoms with van der Waals surface area (Å²) in [4.78, 5) is 19.6. The normalized spacial score (nSPS) is 12.2. The van der Waals surface area contributed by atoms with E-state index in [1.807, 2.05) is 67.7 Å². The van der Waals surface area contributed by atoms with Crippen LogP contribution < -0.4 is 0 Å². The molecular weight excluding hydrogens is 621 g/mol. The van der Waals surface area contributed by atoms with Gasteiger partial charge in [0.2, 0.25) is 0 Å². The van der Waals surface area contributed by atoms with Crippen LogP contribution in [0, 0.1) is 6.92 Å². The van der Waals surface area contributed by atoms with Crippen LogP contribution in [0.5, 0.6) is 0 Å². The lowest BCUT2D eigenvalue weighted by atomic mass is 9.94. The van der Waals surface area contributed by atoms with E-state index in [1.165, 1.54) is 27.8 Å². The molecule has 1 aliphatic carbocycles. The van der Waals surface area contributed by atoms with Crippen molar-refractivity contribution >= 4 is 5.57 Å². The van der Waals surface area contributed by atoms with Crippen molar-refractivity contribution < 1.29 is 0 Å². The van der Waals surface area contributed by atoms with Crippen LogP contribution in [0.4, 0.5) is 0 Å². The van der Waals surface area contributed by atoms with Crippen LogP contribution in [0.3, 0.4) is 0 Å². The van der Waals surface area contributed by atoms with Crippen LogP contribution in [0.25, 0.3) is 73.1 Å². The van der Waals surface area contributed by atoms with E-state index < -0.39 is 0 Å². The maximum atomic E-state index is 5.12. The van der Waals surface area contributed by atoms with E-state index in [1.54, 1.807) is 6.20 Å². The predicted molar refractivity (Wildman–Crippen MR) is 211 cm³/mol. The van der Waals surface area contributed by atoms with Crippen LogP contribution >= 0.6 is 0 Å². The summed E-state index contributed by atoms with van der Waals surface area (Å²) in [5.41, 5.74) is 15.9. The molecule has 5 aromatic carbocycles. The number of aryl methyl sites for hydroxylation is 1. The third kappa shape index (κ3) is 6.48. The van der Waals surface area contributed by atoms with E-state index >= 15 is 0 Å². The Kier molecular flexibility index (Phi) is 8.57. The Bertz CT molecular complexity index is 2460. The lowest BCUT2D eigenvalue weighted by Crippen LogP contribution is -2.00. The van der Waals surface area contributed by atoms with Crippen LogP contribution in [0.1, 0.15) is 29.2 Å². The van der Waals surface area contributed by atoms with E-state index in [2.05, 4.69) is 109 Å². The van der Waals surface area contributed by atoms with Gasteiger partial charge in [-0.1, -0.05) is 134 Å². The van der Waals surface area contributed by atoms with Gasteiger partial charge in [-0.05, 0) is 94.6 Å². The number of benzene rings is 5. The summed E-state index contributed by atoms with van der Waals surface area (Å²) in [6, 6.07) is 42.7. The van der Waals surface area contributed by atoms with Gasteiger partial charge < -0.3 is 0 Å². The lowest BCUT2D eigenvalue weighted by Gasteiger charge is -2.13. The second-order valence-electron chi connectivity index (χ2n) is 12.9. The van der Waals surface area contributed by atoms with Crippen LogP contribution in [-0.4, -0.2) is 19.9 Å². The highest BCUT2D eigenvalue weighted by atomic mass is 15.0. The summed E-state index contributed by atoms with van der Waals surface area (Å²) >= 11 is 0. The van der Waals surface area contributed by atoms with Gasteiger partial charge in [0.05, 0.1) is 0 Å². The standard InChI is InChI=1S/C47H36N4/c1-4-6-11-32(5-2)33-16-18-35(19-17-33)46-49-45(34-12-8-7-9-13-34)50-47(51-46)42-27-38(26-39(28-42)37-14-10-23-48-30-37)36-20-22-44-41(25-36)29-40-24-31(3)15-21-43(40)44/h4-28,30H,2,29H2,1,3H3/b6-4-,32-11+. The summed E-state index contributed by atoms with van der Waals surface area (Å²) in [6.45, 7) is 8.17. The molecule has 4 nitrogen and oxygen atoms in total. The molecule has 4 heteroatoms. The van der Waals surface area contributed by atoms with Gasteiger partial charge in [-0.3, -0.25) is 4.98 Å². The quantitative estimate of drug-likeness (QED) is 0.153. The number of aromatic nitrogens is 4. The first-order chi connectivity index (χ1) is 25.1. The van der Waals surface area contributed by atoms with Gasteiger partial charge in [0.1, 0.15) is 0 Å². The van der Waals surface area contributed by atoms with Crippen molar-refractivity contribution in [2.45, 2.75) is 20.3 Å². The molecule has 0 fully saturated rings. The third-order valence-corrected chi connectivity index (χ3v) is 9.39. The monoisotopic (exact) mass is 656 g/mol. The van der Waals surface area contributed by atoms with Crippen molar-refractivity contribution in [2.75, 3.05) is 0 Å². The molecule has 0 saturated carbocycles. The molecule has 0 aliphatic heterocycles. The number of pyridine rings is 1. The van der Waals surface area contributed by atoms with E-state index in [4.69, 9.17) is 15.0 Å². The molecule has 0 bridgehead atoms. The topological polar surface area (TPSA) is 51.6 Å². The molecule has 0 unspecified atom stereocenters. The minimum absolute atomic E-state index is 0.610. The van der Waals surface area contributed by atoms with E-state index in [-0.39, 0.29) is 0 Å². The number of hydrogen-bond acceptors (Lipinski definition) is 4. The minimum Gasteiger partial charge on any atom is -0.264 e. The Hall–Kier alpha value is -6.52. The van der Waals surface area contributed by atoms with E-state index in [0.29, 0.717) is 17.5 Å². The van der Waals surface area contributed by atoms with E-state index in [9.17, 15) is 0 Å². The zero-order chi connectivity index (χ0) is 34.7. The first-order valence-electron chi connectivity index (χ1n) is 17.2. The molecule has 7 aromatic rings. The number of hydrogen-bond donors (Lipinski definition) is 0. The SMILES string of the molecule is C=C/C(=C\C=C/C)c1ccc(-c2nc(-c3ccccc3)nc(-c3cc(-c4cccnc4)cc(-c4ccc5c(c4)Cc4cc(C)ccc4-5)c3)n2)cc1. The largest absolute Gasteiger partial charge is 0.264 e. The third-order valence-electron chi connectivity index (χ3n) is 9.39. The molecule has 51 heavy (non-hydrogen) atoms. The molecule has 8 rings (SSSR count). The average Bonchev–Trinajstić information content (AvgIpc) is 3.55. The molecule has 0 amide bonds. The summed E-state index contributed by atoms with van der Waals surface area (Å²) in [6.07, 6.45) is 12.6. The number of allylic oxidation sites excluding steroid dienone is 5. The highest BCUT2D eigenvalue weighted by Crippen LogP contribution is 2.40. The Morgan fingerprint density at radius 3 is 1.88 bits per heavy atom. The van der Waals surface area contributed by atoms with Gasteiger partial charge in [-0.2, -0.15) is 0 Å². The fraction of sp³-hybridized carbons (Fsp3) is 0.0638. The highest BCUT2D eigenvalue weighted by Gasteiger charge is 2.20. The van der Waals surface area contributed by atoms with Gasteiger partial charge in [0.15, 0.2) is 17.5 Å². The van der Waals surface area contributed by atoms with Crippen molar-refractivity contribution in [1.29, 1.82) is 0 Å². The summed E-state index contributed by atoms with van der Waals surface area (Å²) in [5.74, 6) is 1.85. The van der Waals surface area contributed by atoms with E-state index in [0.717, 1.165) is 56.5 Å². The first kappa shape index (κ1) is 31.7. The zero-order valence-electron chi connectivity index (χ0n) is 28.7. The zero-order valence-corrected chi connectivity index (χ0v) is 28.7. The smallest absolute Gasteiger partial charge is 0.164 e. The molecule has 0 N–H and O–H groups in total. The van der Waals surface area contributed by atoms with Crippen molar-refractivity contribution in [3.8, 4) is 67.5 Å². The molecular formula is C47H36N4. The molecule has 0 radical (unpaired) electrons. The van der Waals surface area contributed by atoms with Crippen molar-refractivity contribution in [2.24, 2.45) is 0 Å². The van der Waals surface area contributed by atoms with Gasteiger partial charge in [0.25, 0.3) is 0 Å². The summed E-state index contributed by atoms with van der Waals surface area (Å²) in [5, 5.41) is 0. The van der Waals surface area contributed by atoms with Crippen molar-refractivity contribution in [3.05, 3.63) is 187 Å². The first-order valence-corrected chi connectivity index (χ1v) is 17.2. The van der Waals surface area contributed by atoms with Gasteiger partial charge in [-0.15, -0.1) is 0 Å². The lowest BCUT2D eigenvalue weighted by molar-refractivity contribution is 1.07. The summed E-state index contributed by atoms with van der Waals surface area (Å²) in [7, 11) is 0.